The first-order chi connectivity index (χ1) is 8.79. The summed E-state index contributed by atoms with van der Waals surface area (Å²) < 4.78 is 4.13. The van der Waals surface area contributed by atoms with Crippen molar-refractivity contribution in [3.8, 4) is 0 Å². The van der Waals surface area contributed by atoms with Crippen molar-refractivity contribution in [1.82, 2.24) is 24.3 Å². The van der Waals surface area contributed by atoms with Gasteiger partial charge < -0.3 is 9.88 Å². The summed E-state index contributed by atoms with van der Waals surface area (Å²) in [6, 6.07) is 0. The number of nitrogens with one attached hydrogen (secondary N) is 1. The zero-order chi connectivity index (χ0) is 12.5. The van der Waals surface area contributed by atoms with E-state index < -0.39 is 0 Å². The highest BCUT2D eigenvalue weighted by atomic mass is 32.2. The number of thiazole rings is 1. The van der Waals surface area contributed by atoms with E-state index in [1.807, 2.05) is 24.9 Å². The number of nitrogens with zero attached hydrogens (tertiary/aromatic N) is 4. The fourth-order valence-electron chi connectivity index (χ4n) is 1.76. The van der Waals surface area contributed by atoms with Crippen molar-refractivity contribution >= 4 is 28.1 Å². The first-order valence-corrected chi connectivity index (χ1v) is 7.23. The van der Waals surface area contributed by atoms with Gasteiger partial charge in [0.2, 0.25) is 0 Å². The predicted octanol–water partition coefficient (Wildman–Crippen LogP) is 2.00. The average molecular weight is 279 g/mol. The molecule has 0 saturated carbocycles. The standard InChI is InChI=1S/C11H13N5S2/c1-12-7-8-9(14-11-16(8)5-6-17-11)18-10-13-3-4-15(10)2/h3-6,12H,7H2,1-2H3. The molecule has 0 bridgehead atoms. The van der Waals surface area contributed by atoms with Gasteiger partial charge in [-0.15, -0.1) is 11.3 Å². The van der Waals surface area contributed by atoms with E-state index in [1.54, 1.807) is 29.3 Å². The van der Waals surface area contributed by atoms with Crippen LogP contribution in [-0.2, 0) is 13.6 Å². The van der Waals surface area contributed by atoms with E-state index in [-0.39, 0.29) is 0 Å². The van der Waals surface area contributed by atoms with Crippen molar-refractivity contribution < 1.29 is 0 Å². The quantitative estimate of drug-likeness (QED) is 0.793. The van der Waals surface area contributed by atoms with Crippen molar-refractivity contribution in [2.75, 3.05) is 7.05 Å². The van der Waals surface area contributed by atoms with Crippen LogP contribution in [0.2, 0.25) is 0 Å². The second-order valence-electron chi connectivity index (χ2n) is 3.87. The number of rotatable bonds is 4. The Hall–Kier alpha value is -1.31. The summed E-state index contributed by atoms with van der Waals surface area (Å²) in [6.07, 6.45) is 5.80. The van der Waals surface area contributed by atoms with Gasteiger partial charge >= 0.3 is 0 Å². The van der Waals surface area contributed by atoms with Crippen LogP contribution in [-0.4, -0.2) is 26.0 Å². The van der Waals surface area contributed by atoms with Gasteiger partial charge in [0.15, 0.2) is 10.1 Å². The Morgan fingerprint density at radius 2 is 2.33 bits per heavy atom. The van der Waals surface area contributed by atoms with Gasteiger partial charge in [0, 0.05) is 37.6 Å². The lowest BCUT2D eigenvalue weighted by Crippen LogP contribution is -2.08. The van der Waals surface area contributed by atoms with Gasteiger partial charge in [0.25, 0.3) is 0 Å². The lowest BCUT2D eigenvalue weighted by atomic mass is 10.5. The normalized spacial score (nSPS) is 11.4. The molecular formula is C11H13N5S2. The van der Waals surface area contributed by atoms with Crippen LogP contribution in [0.4, 0.5) is 0 Å². The van der Waals surface area contributed by atoms with Gasteiger partial charge in [-0.25, -0.2) is 9.97 Å². The summed E-state index contributed by atoms with van der Waals surface area (Å²) in [5.74, 6) is 0. The minimum Gasteiger partial charge on any atom is -0.329 e. The molecule has 0 saturated heterocycles. The summed E-state index contributed by atoms with van der Waals surface area (Å²) in [5.41, 5.74) is 1.18. The molecule has 3 heterocycles. The third-order valence-corrected chi connectivity index (χ3v) is 4.49. The zero-order valence-electron chi connectivity index (χ0n) is 10.1. The van der Waals surface area contributed by atoms with Crippen molar-refractivity contribution in [3.63, 3.8) is 0 Å². The fraction of sp³-hybridized carbons (Fsp3) is 0.273. The molecule has 0 atom stereocenters. The lowest BCUT2D eigenvalue weighted by molar-refractivity contribution is 0.759. The molecule has 3 aromatic rings. The molecule has 0 amide bonds. The average Bonchev–Trinajstić information content (AvgIpc) is 3.01. The molecule has 0 spiro atoms. The second kappa shape index (κ2) is 4.75. The highest BCUT2D eigenvalue weighted by molar-refractivity contribution is 7.99. The third kappa shape index (κ3) is 1.94. The Morgan fingerprint density at radius 3 is 3.06 bits per heavy atom. The van der Waals surface area contributed by atoms with Gasteiger partial charge in [-0.2, -0.15) is 0 Å². The van der Waals surface area contributed by atoms with Crippen LogP contribution >= 0.6 is 23.1 Å². The molecule has 94 valence electrons. The van der Waals surface area contributed by atoms with E-state index in [0.717, 1.165) is 21.7 Å². The summed E-state index contributed by atoms with van der Waals surface area (Å²) in [7, 11) is 3.94. The number of fused-ring (bicyclic) bond motifs is 1. The molecule has 0 aliphatic rings. The molecule has 0 unspecified atom stereocenters. The van der Waals surface area contributed by atoms with Crippen LogP contribution in [0.25, 0.3) is 4.96 Å². The number of aryl methyl sites for hydroxylation is 1. The minimum absolute atomic E-state index is 0.796. The highest BCUT2D eigenvalue weighted by Gasteiger charge is 2.15. The molecule has 0 aliphatic heterocycles. The fourth-order valence-corrected chi connectivity index (χ4v) is 3.46. The Labute approximate surface area is 113 Å². The third-order valence-electron chi connectivity index (χ3n) is 2.63. The Kier molecular flexibility index (Phi) is 3.11. The minimum atomic E-state index is 0.796. The molecule has 7 heteroatoms. The molecular weight excluding hydrogens is 266 g/mol. The summed E-state index contributed by atoms with van der Waals surface area (Å²) >= 11 is 3.25. The molecule has 0 aromatic carbocycles. The molecule has 0 radical (unpaired) electrons. The van der Waals surface area contributed by atoms with E-state index >= 15 is 0 Å². The highest BCUT2D eigenvalue weighted by Crippen LogP contribution is 2.30. The van der Waals surface area contributed by atoms with Crippen LogP contribution in [0.1, 0.15) is 5.69 Å². The molecule has 3 aromatic heterocycles. The summed E-state index contributed by atoms with van der Waals surface area (Å²) in [6.45, 7) is 0.796. The monoisotopic (exact) mass is 279 g/mol. The van der Waals surface area contributed by atoms with Crippen LogP contribution < -0.4 is 5.32 Å². The molecule has 5 nitrogen and oxygen atoms in total. The van der Waals surface area contributed by atoms with Crippen LogP contribution in [0.3, 0.4) is 0 Å². The van der Waals surface area contributed by atoms with Gasteiger partial charge in [-0.3, -0.25) is 4.40 Å². The predicted molar refractivity (Wildman–Crippen MR) is 73.2 cm³/mol. The van der Waals surface area contributed by atoms with Crippen molar-refractivity contribution in [2.24, 2.45) is 7.05 Å². The number of imidazole rings is 2. The maximum atomic E-state index is 4.66. The Bertz CT molecular complexity index is 666. The van der Waals surface area contributed by atoms with E-state index in [2.05, 4.69) is 31.3 Å². The van der Waals surface area contributed by atoms with E-state index in [0.29, 0.717) is 0 Å². The molecule has 1 N–H and O–H groups in total. The van der Waals surface area contributed by atoms with Crippen LogP contribution in [0.15, 0.2) is 34.2 Å². The SMILES string of the molecule is CNCc1c(Sc2nccn2C)nc2sccn12. The molecule has 18 heavy (non-hydrogen) atoms. The van der Waals surface area contributed by atoms with Gasteiger partial charge in [0.1, 0.15) is 5.03 Å². The van der Waals surface area contributed by atoms with Crippen molar-refractivity contribution in [1.29, 1.82) is 0 Å². The first-order valence-electron chi connectivity index (χ1n) is 5.54. The smallest absolute Gasteiger partial charge is 0.194 e. The van der Waals surface area contributed by atoms with E-state index in [9.17, 15) is 0 Å². The first kappa shape index (κ1) is 11.8. The van der Waals surface area contributed by atoms with Crippen LogP contribution in [0, 0.1) is 0 Å². The number of aromatic nitrogens is 4. The van der Waals surface area contributed by atoms with E-state index in [1.165, 1.54) is 5.69 Å². The maximum absolute atomic E-state index is 4.66. The van der Waals surface area contributed by atoms with Crippen molar-refractivity contribution in [3.05, 3.63) is 29.7 Å². The largest absolute Gasteiger partial charge is 0.329 e. The molecule has 0 fully saturated rings. The van der Waals surface area contributed by atoms with E-state index in [4.69, 9.17) is 0 Å². The maximum Gasteiger partial charge on any atom is 0.194 e. The van der Waals surface area contributed by atoms with Gasteiger partial charge in [-0.1, -0.05) is 0 Å². The summed E-state index contributed by atoms with van der Waals surface area (Å²) in [4.78, 5) is 10.0. The lowest BCUT2D eigenvalue weighted by Gasteiger charge is -2.03. The molecule has 3 rings (SSSR count). The Morgan fingerprint density at radius 1 is 1.44 bits per heavy atom. The zero-order valence-corrected chi connectivity index (χ0v) is 11.8. The van der Waals surface area contributed by atoms with Gasteiger partial charge in [-0.05, 0) is 18.8 Å². The van der Waals surface area contributed by atoms with Crippen LogP contribution in [0.5, 0.6) is 0 Å². The Balaban J connectivity index is 2.02. The summed E-state index contributed by atoms with van der Waals surface area (Å²) in [5, 5.41) is 7.22. The van der Waals surface area contributed by atoms with Crippen molar-refractivity contribution in [2.45, 2.75) is 16.7 Å². The number of hydrogen-bond donors (Lipinski definition) is 1. The second-order valence-corrected chi connectivity index (χ2v) is 5.70. The number of hydrogen-bond acceptors (Lipinski definition) is 5. The topological polar surface area (TPSA) is 47.2 Å². The van der Waals surface area contributed by atoms with Gasteiger partial charge in [0.05, 0.1) is 5.69 Å². The molecule has 0 aliphatic carbocycles.